The zero-order chi connectivity index (χ0) is 20.7. The smallest absolute Gasteiger partial charge is 0.326 e. The van der Waals surface area contributed by atoms with Gasteiger partial charge in [0, 0.05) is 6.04 Å². The Bertz CT molecular complexity index is 609. The van der Waals surface area contributed by atoms with E-state index < -0.39 is 30.7 Å². The number of urea groups is 1. The molecule has 0 aromatic heterocycles. The van der Waals surface area contributed by atoms with E-state index >= 15 is 0 Å². The number of esters is 1. The van der Waals surface area contributed by atoms with Crippen molar-refractivity contribution in [3.8, 4) is 0 Å². The highest BCUT2D eigenvalue weighted by atomic mass is 16.5. The maximum atomic E-state index is 12.8. The van der Waals surface area contributed by atoms with E-state index in [0.717, 1.165) is 49.8 Å². The molecule has 8 heteroatoms. The van der Waals surface area contributed by atoms with Crippen LogP contribution in [-0.4, -0.2) is 53.4 Å². The van der Waals surface area contributed by atoms with E-state index in [1.54, 1.807) is 0 Å². The van der Waals surface area contributed by atoms with Crippen LogP contribution < -0.4 is 10.6 Å². The fourth-order valence-electron chi connectivity index (χ4n) is 4.05. The number of imide groups is 1. The van der Waals surface area contributed by atoms with Crippen molar-refractivity contribution in [1.29, 1.82) is 0 Å². The molecule has 0 aromatic rings. The fourth-order valence-corrected chi connectivity index (χ4v) is 4.05. The molecule has 1 spiro atoms. The molecule has 1 aliphatic heterocycles. The van der Waals surface area contributed by atoms with Crippen molar-refractivity contribution in [1.82, 2.24) is 15.5 Å². The molecule has 158 valence electrons. The Morgan fingerprint density at radius 3 is 2.75 bits per heavy atom. The number of carbonyl (C=O) groups is 4. The van der Waals surface area contributed by atoms with Crippen molar-refractivity contribution < 1.29 is 23.9 Å². The molecule has 0 unspecified atom stereocenters. The van der Waals surface area contributed by atoms with Gasteiger partial charge < -0.3 is 15.4 Å². The van der Waals surface area contributed by atoms with Crippen LogP contribution in [0.4, 0.5) is 4.79 Å². The molecule has 4 amide bonds. The van der Waals surface area contributed by atoms with Crippen LogP contribution in [0.15, 0.2) is 0 Å². The van der Waals surface area contributed by atoms with E-state index in [0.29, 0.717) is 6.42 Å². The Kier molecular flexibility index (Phi) is 7.83. The Labute approximate surface area is 166 Å². The lowest BCUT2D eigenvalue weighted by Gasteiger charge is -2.36. The molecule has 8 nitrogen and oxygen atoms in total. The second kappa shape index (κ2) is 9.89. The molecule has 1 aliphatic carbocycles. The molecule has 2 rings (SSSR count). The van der Waals surface area contributed by atoms with Gasteiger partial charge in [0.1, 0.15) is 12.1 Å². The number of unbranched alkanes of at least 4 members (excludes halogenated alkanes) is 2. The SMILES string of the molecule is CCCCC[C@H](C)NC(=O)COC(=O)CN1C(=O)N[C@]2(CCCC[C@@H]2C)C1=O. The normalized spacial score (nSPS) is 25.5. The van der Waals surface area contributed by atoms with Crippen LogP contribution in [-0.2, 0) is 19.1 Å². The van der Waals surface area contributed by atoms with Gasteiger partial charge in [-0.25, -0.2) is 4.79 Å². The van der Waals surface area contributed by atoms with Gasteiger partial charge in [-0.05, 0) is 32.1 Å². The molecule has 2 aliphatic rings. The topological polar surface area (TPSA) is 105 Å². The van der Waals surface area contributed by atoms with Crippen molar-refractivity contribution in [3.63, 3.8) is 0 Å². The van der Waals surface area contributed by atoms with Crippen molar-refractivity contribution in [2.24, 2.45) is 5.92 Å². The van der Waals surface area contributed by atoms with Gasteiger partial charge in [-0.15, -0.1) is 0 Å². The van der Waals surface area contributed by atoms with Crippen LogP contribution in [0.2, 0.25) is 0 Å². The number of nitrogens with one attached hydrogen (secondary N) is 2. The summed E-state index contributed by atoms with van der Waals surface area (Å²) in [4.78, 5) is 49.9. The van der Waals surface area contributed by atoms with Gasteiger partial charge in [0.2, 0.25) is 0 Å². The summed E-state index contributed by atoms with van der Waals surface area (Å²) >= 11 is 0. The summed E-state index contributed by atoms with van der Waals surface area (Å²) in [6.07, 6.45) is 7.47. The largest absolute Gasteiger partial charge is 0.454 e. The first-order chi connectivity index (χ1) is 13.3. The van der Waals surface area contributed by atoms with Gasteiger partial charge in [0.25, 0.3) is 11.8 Å². The lowest BCUT2D eigenvalue weighted by atomic mass is 9.73. The first kappa shape index (κ1) is 22.2. The van der Waals surface area contributed by atoms with Crippen molar-refractivity contribution >= 4 is 23.8 Å². The van der Waals surface area contributed by atoms with E-state index in [9.17, 15) is 19.2 Å². The molecule has 28 heavy (non-hydrogen) atoms. The molecule has 0 aromatic carbocycles. The molecule has 1 saturated heterocycles. The van der Waals surface area contributed by atoms with E-state index in [4.69, 9.17) is 4.74 Å². The predicted molar refractivity (Wildman–Crippen MR) is 103 cm³/mol. The molecule has 2 fully saturated rings. The summed E-state index contributed by atoms with van der Waals surface area (Å²) in [6.45, 7) is 5.09. The molecular weight excluding hydrogens is 362 g/mol. The lowest BCUT2D eigenvalue weighted by Crippen LogP contribution is -2.54. The van der Waals surface area contributed by atoms with Gasteiger partial charge in [0.15, 0.2) is 6.61 Å². The molecule has 2 N–H and O–H groups in total. The maximum Gasteiger partial charge on any atom is 0.326 e. The molecule has 3 atom stereocenters. The first-order valence-corrected chi connectivity index (χ1v) is 10.4. The third-order valence-corrected chi connectivity index (χ3v) is 5.80. The van der Waals surface area contributed by atoms with Gasteiger partial charge in [0.05, 0.1) is 0 Å². The van der Waals surface area contributed by atoms with Gasteiger partial charge in [-0.2, -0.15) is 0 Å². The Balaban J connectivity index is 1.79. The average Bonchev–Trinajstić information content (AvgIpc) is 2.88. The maximum absolute atomic E-state index is 12.8. The zero-order valence-corrected chi connectivity index (χ0v) is 17.2. The molecule has 0 bridgehead atoms. The Hall–Kier alpha value is -2.12. The zero-order valence-electron chi connectivity index (χ0n) is 17.2. The van der Waals surface area contributed by atoms with Crippen molar-refractivity contribution in [3.05, 3.63) is 0 Å². The summed E-state index contributed by atoms with van der Waals surface area (Å²) in [7, 11) is 0. The van der Waals surface area contributed by atoms with Gasteiger partial charge >= 0.3 is 12.0 Å². The third kappa shape index (κ3) is 5.23. The average molecular weight is 396 g/mol. The summed E-state index contributed by atoms with van der Waals surface area (Å²) in [5, 5.41) is 5.57. The van der Waals surface area contributed by atoms with Gasteiger partial charge in [-0.3, -0.25) is 19.3 Å². The molecular formula is C20H33N3O5. The molecule has 1 heterocycles. The van der Waals surface area contributed by atoms with E-state index in [2.05, 4.69) is 17.6 Å². The molecule has 0 radical (unpaired) electrons. The second-order valence-corrected chi connectivity index (χ2v) is 8.06. The second-order valence-electron chi connectivity index (χ2n) is 8.06. The summed E-state index contributed by atoms with van der Waals surface area (Å²) in [5.41, 5.74) is -0.902. The Morgan fingerprint density at radius 1 is 1.32 bits per heavy atom. The van der Waals surface area contributed by atoms with Crippen LogP contribution in [0.1, 0.15) is 72.1 Å². The van der Waals surface area contributed by atoms with Gasteiger partial charge in [-0.1, -0.05) is 46.0 Å². The van der Waals surface area contributed by atoms with E-state index in [1.807, 2.05) is 13.8 Å². The highest BCUT2D eigenvalue weighted by molar-refractivity contribution is 6.09. The predicted octanol–water partition coefficient (Wildman–Crippen LogP) is 2.12. The van der Waals surface area contributed by atoms with Crippen LogP contribution >= 0.6 is 0 Å². The monoisotopic (exact) mass is 395 g/mol. The highest BCUT2D eigenvalue weighted by Crippen LogP contribution is 2.38. The minimum absolute atomic E-state index is 0.0105. The Morgan fingerprint density at radius 2 is 2.07 bits per heavy atom. The van der Waals surface area contributed by atoms with Crippen molar-refractivity contribution in [2.75, 3.05) is 13.2 Å². The minimum atomic E-state index is -0.902. The van der Waals surface area contributed by atoms with E-state index in [-0.39, 0.29) is 23.8 Å². The highest BCUT2D eigenvalue weighted by Gasteiger charge is 2.55. The number of rotatable bonds is 9. The summed E-state index contributed by atoms with van der Waals surface area (Å²) in [5.74, 6) is -1.49. The summed E-state index contributed by atoms with van der Waals surface area (Å²) in [6, 6.07) is -0.555. The van der Waals surface area contributed by atoms with E-state index in [1.165, 1.54) is 0 Å². The standard InChI is InChI=1S/C20H33N3O5/c1-4-5-6-10-15(3)21-16(24)13-28-17(25)12-23-18(26)20(22-19(23)27)11-8-7-9-14(20)2/h14-15H,4-13H2,1-3H3,(H,21,24)(H,22,27)/t14-,15-,20-/m0/s1. The van der Waals surface area contributed by atoms with Crippen LogP contribution in [0.25, 0.3) is 0 Å². The fraction of sp³-hybridized carbons (Fsp3) is 0.800. The van der Waals surface area contributed by atoms with Crippen LogP contribution in [0.5, 0.6) is 0 Å². The number of hydrogen-bond donors (Lipinski definition) is 2. The number of carbonyl (C=O) groups excluding carboxylic acids is 4. The number of hydrogen-bond acceptors (Lipinski definition) is 5. The van der Waals surface area contributed by atoms with Crippen molar-refractivity contribution in [2.45, 2.75) is 83.7 Å². The number of nitrogens with zero attached hydrogens (tertiary/aromatic N) is 1. The summed E-state index contributed by atoms with van der Waals surface area (Å²) < 4.78 is 4.97. The molecule has 1 saturated carbocycles. The third-order valence-electron chi connectivity index (χ3n) is 5.80. The quantitative estimate of drug-likeness (QED) is 0.353. The number of ether oxygens (including phenoxy) is 1. The lowest BCUT2D eigenvalue weighted by molar-refractivity contribution is -0.151. The van der Waals surface area contributed by atoms with Crippen LogP contribution in [0, 0.1) is 5.92 Å². The number of amides is 4. The van der Waals surface area contributed by atoms with Crippen LogP contribution in [0.3, 0.4) is 0 Å². The first-order valence-electron chi connectivity index (χ1n) is 10.4. The minimum Gasteiger partial charge on any atom is -0.454 e.